The second-order valence-electron chi connectivity index (χ2n) is 5.75. The molecular weight excluding hydrogens is 286 g/mol. The number of H-pyrrole nitrogens is 1. The smallest absolute Gasteiger partial charge is 0.221 e. The summed E-state index contributed by atoms with van der Waals surface area (Å²) in [5, 5.41) is 4.64. The summed E-state index contributed by atoms with van der Waals surface area (Å²) >= 11 is 0. The van der Waals surface area contributed by atoms with Crippen molar-refractivity contribution in [1.29, 1.82) is 0 Å². The predicted molar refractivity (Wildman–Crippen MR) is 93.0 cm³/mol. The van der Waals surface area contributed by atoms with Crippen LogP contribution in [0.1, 0.15) is 16.7 Å². The second kappa shape index (κ2) is 7.11. The number of aromatic nitrogens is 1. The third-order valence-corrected chi connectivity index (χ3v) is 3.95. The van der Waals surface area contributed by atoms with Crippen LogP contribution < -0.4 is 11.1 Å². The SMILES string of the molecule is NC(=O)Cc1ccc2[nH]cc(CCNCc3ccccc3)c2c1. The van der Waals surface area contributed by atoms with E-state index in [0.717, 1.165) is 30.6 Å². The summed E-state index contributed by atoms with van der Waals surface area (Å²) in [7, 11) is 0. The van der Waals surface area contributed by atoms with Gasteiger partial charge in [-0.2, -0.15) is 0 Å². The minimum atomic E-state index is -0.300. The van der Waals surface area contributed by atoms with Crippen LogP contribution in [0.2, 0.25) is 0 Å². The fourth-order valence-electron chi connectivity index (χ4n) is 2.80. The van der Waals surface area contributed by atoms with Crippen molar-refractivity contribution in [3.8, 4) is 0 Å². The zero-order valence-corrected chi connectivity index (χ0v) is 13.0. The van der Waals surface area contributed by atoms with E-state index in [1.54, 1.807) is 0 Å². The van der Waals surface area contributed by atoms with Gasteiger partial charge in [0, 0.05) is 23.6 Å². The van der Waals surface area contributed by atoms with Crippen molar-refractivity contribution in [1.82, 2.24) is 10.3 Å². The lowest BCUT2D eigenvalue weighted by atomic mass is 10.1. The lowest BCUT2D eigenvalue weighted by molar-refractivity contribution is -0.117. The number of primary amides is 1. The van der Waals surface area contributed by atoms with Gasteiger partial charge in [0.25, 0.3) is 0 Å². The molecule has 2 aromatic carbocycles. The minimum Gasteiger partial charge on any atom is -0.369 e. The molecule has 1 heterocycles. The number of carbonyl (C=O) groups is 1. The number of hydrogen-bond donors (Lipinski definition) is 3. The molecule has 0 aliphatic carbocycles. The monoisotopic (exact) mass is 307 g/mol. The molecule has 0 aliphatic heterocycles. The summed E-state index contributed by atoms with van der Waals surface area (Å²) in [6.45, 7) is 1.78. The Labute approximate surface area is 135 Å². The van der Waals surface area contributed by atoms with Crippen LogP contribution in [0.4, 0.5) is 0 Å². The van der Waals surface area contributed by atoms with Crippen molar-refractivity contribution in [3.05, 3.63) is 71.4 Å². The maximum absolute atomic E-state index is 11.1. The maximum atomic E-state index is 11.1. The summed E-state index contributed by atoms with van der Waals surface area (Å²) in [6.07, 6.45) is 3.27. The maximum Gasteiger partial charge on any atom is 0.221 e. The Morgan fingerprint density at radius 3 is 2.70 bits per heavy atom. The van der Waals surface area contributed by atoms with Crippen LogP contribution in [0.15, 0.2) is 54.7 Å². The van der Waals surface area contributed by atoms with Gasteiger partial charge in [-0.1, -0.05) is 36.4 Å². The molecule has 0 bridgehead atoms. The molecule has 0 atom stereocenters. The fraction of sp³-hybridized carbons (Fsp3) is 0.211. The summed E-state index contributed by atoms with van der Waals surface area (Å²) in [4.78, 5) is 14.4. The Hall–Kier alpha value is -2.59. The standard InChI is InChI=1S/C19H21N3O/c20-19(23)11-15-6-7-18-17(10-15)16(13-22-18)8-9-21-12-14-4-2-1-3-5-14/h1-7,10,13,21-22H,8-9,11-12H2,(H2,20,23). The Kier molecular flexibility index (Phi) is 4.74. The molecule has 4 nitrogen and oxygen atoms in total. The van der Waals surface area contributed by atoms with Crippen molar-refractivity contribution < 1.29 is 4.79 Å². The first-order valence-electron chi connectivity index (χ1n) is 7.84. The molecule has 4 N–H and O–H groups in total. The van der Waals surface area contributed by atoms with E-state index in [9.17, 15) is 4.79 Å². The number of hydrogen-bond acceptors (Lipinski definition) is 2. The molecule has 1 aromatic heterocycles. The first kappa shape index (κ1) is 15.3. The molecule has 23 heavy (non-hydrogen) atoms. The van der Waals surface area contributed by atoms with Crippen LogP contribution in [0.3, 0.4) is 0 Å². The molecule has 0 radical (unpaired) electrons. The van der Waals surface area contributed by atoms with E-state index < -0.39 is 0 Å². The van der Waals surface area contributed by atoms with Gasteiger partial charge in [0.05, 0.1) is 6.42 Å². The molecule has 3 aromatic rings. The molecule has 1 amide bonds. The van der Waals surface area contributed by atoms with E-state index in [2.05, 4.69) is 40.6 Å². The van der Waals surface area contributed by atoms with Gasteiger partial charge < -0.3 is 16.0 Å². The van der Waals surface area contributed by atoms with Crippen LogP contribution in [0.5, 0.6) is 0 Å². The van der Waals surface area contributed by atoms with Gasteiger partial charge in [0.2, 0.25) is 5.91 Å². The molecule has 4 heteroatoms. The topological polar surface area (TPSA) is 70.9 Å². The van der Waals surface area contributed by atoms with Crippen molar-refractivity contribution in [2.75, 3.05) is 6.54 Å². The van der Waals surface area contributed by atoms with Gasteiger partial charge in [0.1, 0.15) is 0 Å². The number of carbonyl (C=O) groups excluding carboxylic acids is 1. The summed E-state index contributed by atoms with van der Waals surface area (Å²) in [5.74, 6) is -0.300. The van der Waals surface area contributed by atoms with Crippen molar-refractivity contribution in [2.45, 2.75) is 19.4 Å². The summed E-state index contributed by atoms with van der Waals surface area (Å²) in [6, 6.07) is 16.4. The highest BCUT2D eigenvalue weighted by atomic mass is 16.1. The third kappa shape index (κ3) is 3.99. The first-order valence-corrected chi connectivity index (χ1v) is 7.84. The summed E-state index contributed by atoms with van der Waals surface area (Å²) in [5.41, 5.74) is 9.88. The number of rotatable bonds is 7. The molecule has 0 spiro atoms. The Bertz CT molecular complexity index is 793. The fourth-order valence-corrected chi connectivity index (χ4v) is 2.80. The van der Waals surface area contributed by atoms with Crippen LogP contribution in [-0.2, 0) is 24.2 Å². The Morgan fingerprint density at radius 1 is 1.09 bits per heavy atom. The van der Waals surface area contributed by atoms with E-state index >= 15 is 0 Å². The molecule has 0 saturated carbocycles. The summed E-state index contributed by atoms with van der Waals surface area (Å²) < 4.78 is 0. The number of nitrogens with two attached hydrogens (primary N) is 1. The van der Waals surface area contributed by atoms with Crippen LogP contribution in [0.25, 0.3) is 10.9 Å². The lowest BCUT2D eigenvalue weighted by Crippen LogP contribution is -2.16. The molecular formula is C19H21N3O. The van der Waals surface area contributed by atoms with E-state index in [-0.39, 0.29) is 12.3 Å². The average molecular weight is 307 g/mol. The van der Waals surface area contributed by atoms with E-state index in [0.29, 0.717) is 0 Å². The number of fused-ring (bicyclic) bond motifs is 1. The van der Waals surface area contributed by atoms with Gasteiger partial charge >= 0.3 is 0 Å². The normalized spacial score (nSPS) is 11.0. The molecule has 118 valence electrons. The quantitative estimate of drug-likeness (QED) is 0.587. The largest absolute Gasteiger partial charge is 0.369 e. The van der Waals surface area contributed by atoms with Crippen LogP contribution in [-0.4, -0.2) is 17.4 Å². The van der Waals surface area contributed by atoms with E-state index in [1.165, 1.54) is 16.5 Å². The molecule has 0 fully saturated rings. The van der Waals surface area contributed by atoms with Crippen LogP contribution in [0, 0.1) is 0 Å². The van der Waals surface area contributed by atoms with E-state index in [1.807, 2.05) is 24.4 Å². The molecule has 0 saturated heterocycles. The van der Waals surface area contributed by atoms with Gasteiger partial charge in [-0.3, -0.25) is 4.79 Å². The Balaban J connectivity index is 1.62. The van der Waals surface area contributed by atoms with Gasteiger partial charge in [-0.05, 0) is 41.8 Å². The number of amides is 1. The molecule has 3 rings (SSSR count). The van der Waals surface area contributed by atoms with Crippen molar-refractivity contribution in [3.63, 3.8) is 0 Å². The van der Waals surface area contributed by atoms with Gasteiger partial charge in [-0.15, -0.1) is 0 Å². The van der Waals surface area contributed by atoms with Crippen LogP contribution >= 0.6 is 0 Å². The molecule has 0 unspecified atom stereocenters. The highest BCUT2D eigenvalue weighted by molar-refractivity contribution is 5.85. The Morgan fingerprint density at radius 2 is 1.91 bits per heavy atom. The van der Waals surface area contributed by atoms with Gasteiger partial charge in [0.15, 0.2) is 0 Å². The van der Waals surface area contributed by atoms with E-state index in [4.69, 9.17) is 5.73 Å². The zero-order chi connectivity index (χ0) is 16.1. The molecule has 0 aliphatic rings. The number of nitrogens with one attached hydrogen (secondary N) is 2. The van der Waals surface area contributed by atoms with Gasteiger partial charge in [-0.25, -0.2) is 0 Å². The average Bonchev–Trinajstić information content (AvgIpc) is 2.94. The highest BCUT2D eigenvalue weighted by Gasteiger charge is 2.06. The van der Waals surface area contributed by atoms with Crippen molar-refractivity contribution in [2.24, 2.45) is 5.73 Å². The third-order valence-electron chi connectivity index (χ3n) is 3.95. The number of benzene rings is 2. The minimum absolute atomic E-state index is 0.285. The number of aromatic amines is 1. The van der Waals surface area contributed by atoms with Crippen molar-refractivity contribution >= 4 is 16.8 Å². The second-order valence-corrected chi connectivity index (χ2v) is 5.75. The highest BCUT2D eigenvalue weighted by Crippen LogP contribution is 2.20. The lowest BCUT2D eigenvalue weighted by Gasteiger charge is -2.05. The predicted octanol–water partition coefficient (Wildman–Crippen LogP) is 2.53. The first-order chi connectivity index (χ1) is 11.2. The zero-order valence-electron chi connectivity index (χ0n) is 13.0.